The van der Waals surface area contributed by atoms with E-state index in [4.69, 9.17) is 9.47 Å². The highest BCUT2D eigenvalue weighted by Crippen LogP contribution is 2.41. The lowest BCUT2D eigenvalue weighted by molar-refractivity contribution is -0.146. The van der Waals surface area contributed by atoms with Gasteiger partial charge >= 0.3 is 18.2 Å². The van der Waals surface area contributed by atoms with Crippen molar-refractivity contribution in [3.05, 3.63) is 0 Å². The van der Waals surface area contributed by atoms with Crippen LogP contribution in [0.5, 0.6) is 0 Å². The van der Waals surface area contributed by atoms with E-state index < -0.39 is 36.3 Å². The first-order chi connectivity index (χ1) is 12.4. The largest absolute Gasteiger partial charge is 0.467 e. The lowest BCUT2D eigenvalue weighted by Gasteiger charge is -2.41. The number of amides is 1. The molecule has 2 unspecified atom stereocenters. The molecule has 1 N–H and O–H groups in total. The van der Waals surface area contributed by atoms with E-state index in [-0.39, 0.29) is 24.5 Å². The van der Waals surface area contributed by atoms with Crippen molar-refractivity contribution in [3.63, 3.8) is 0 Å². The lowest BCUT2D eigenvalue weighted by atomic mass is 9.84. The molecule has 0 aromatic rings. The quantitative estimate of drug-likeness (QED) is 0.725. The van der Waals surface area contributed by atoms with Crippen molar-refractivity contribution < 1.29 is 32.2 Å². The van der Waals surface area contributed by atoms with Crippen molar-refractivity contribution >= 4 is 12.1 Å². The van der Waals surface area contributed by atoms with Crippen LogP contribution in [0, 0.1) is 5.92 Å². The Kier molecular flexibility index (Phi) is 6.65. The Morgan fingerprint density at radius 3 is 2.15 bits per heavy atom. The minimum Gasteiger partial charge on any atom is -0.467 e. The van der Waals surface area contributed by atoms with Crippen molar-refractivity contribution in [1.82, 2.24) is 10.2 Å². The third-order valence-corrected chi connectivity index (χ3v) is 5.17. The molecule has 2 bridgehead atoms. The number of nitrogens with zero attached hydrogens (tertiary/aromatic N) is 1. The van der Waals surface area contributed by atoms with Crippen molar-refractivity contribution in [1.29, 1.82) is 0 Å². The molecule has 3 atom stereocenters. The Morgan fingerprint density at radius 2 is 1.70 bits per heavy atom. The van der Waals surface area contributed by atoms with Crippen molar-refractivity contribution in [2.75, 3.05) is 13.7 Å². The number of alkyl carbamates (subject to hydrolysis) is 1. The van der Waals surface area contributed by atoms with Crippen LogP contribution in [0.4, 0.5) is 18.0 Å². The van der Waals surface area contributed by atoms with Crippen molar-refractivity contribution in [2.24, 2.45) is 5.92 Å². The van der Waals surface area contributed by atoms with Crippen molar-refractivity contribution in [3.8, 4) is 0 Å². The van der Waals surface area contributed by atoms with E-state index in [1.807, 2.05) is 4.90 Å². The molecule has 2 heterocycles. The first-order valence-electron chi connectivity index (χ1n) is 9.29. The maximum atomic E-state index is 12.6. The molecule has 2 saturated heterocycles. The second kappa shape index (κ2) is 8.24. The number of halogens is 3. The second-order valence-electron chi connectivity index (χ2n) is 8.37. The van der Waals surface area contributed by atoms with Crippen LogP contribution in [0.1, 0.15) is 52.9 Å². The van der Waals surface area contributed by atoms with Crippen LogP contribution < -0.4 is 5.32 Å². The van der Waals surface area contributed by atoms with E-state index in [0.29, 0.717) is 12.8 Å². The van der Waals surface area contributed by atoms with Crippen LogP contribution in [0.3, 0.4) is 0 Å². The van der Waals surface area contributed by atoms with Gasteiger partial charge < -0.3 is 14.8 Å². The standard InChI is InChI=1S/C18H29F3N2O4/c1-17(2,3)27-16(25)22-14(15(24)26-4)11-9-12-5-6-13(10-11)23(12)8-7-18(19,20)21/h11-14H,5-10H2,1-4H3,(H,22,25)/t11?,12?,13?,14-/m0/s1. The van der Waals surface area contributed by atoms with E-state index >= 15 is 0 Å². The molecular formula is C18H29F3N2O4. The zero-order valence-corrected chi connectivity index (χ0v) is 16.3. The molecule has 0 aromatic heterocycles. The SMILES string of the molecule is COC(=O)[C@@H](NC(=O)OC(C)(C)C)C1CC2CCC(C1)N2CCC(F)(F)F. The number of piperidine rings is 1. The van der Waals surface area contributed by atoms with Crippen LogP contribution >= 0.6 is 0 Å². The van der Waals surface area contributed by atoms with Gasteiger partial charge in [-0.3, -0.25) is 4.90 Å². The van der Waals surface area contributed by atoms with Gasteiger partial charge in [-0.2, -0.15) is 13.2 Å². The summed E-state index contributed by atoms with van der Waals surface area (Å²) >= 11 is 0. The van der Waals surface area contributed by atoms with Gasteiger partial charge in [0, 0.05) is 18.6 Å². The highest BCUT2D eigenvalue weighted by Gasteiger charge is 2.46. The molecule has 2 fully saturated rings. The molecule has 2 rings (SSSR count). The number of esters is 1. The minimum absolute atomic E-state index is 0.0105. The van der Waals surface area contributed by atoms with Crippen molar-refractivity contribution in [2.45, 2.75) is 82.8 Å². The summed E-state index contributed by atoms with van der Waals surface area (Å²) in [6.45, 7) is 5.14. The summed E-state index contributed by atoms with van der Waals surface area (Å²) < 4.78 is 47.8. The van der Waals surface area contributed by atoms with Gasteiger partial charge in [0.1, 0.15) is 11.6 Å². The molecule has 2 aliphatic heterocycles. The second-order valence-corrected chi connectivity index (χ2v) is 8.37. The number of fused-ring (bicyclic) bond motifs is 2. The summed E-state index contributed by atoms with van der Waals surface area (Å²) in [6, 6.07) is -0.884. The Balaban J connectivity index is 2.02. The van der Waals surface area contributed by atoms with E-state index in [1.165, 1.54) is 7.11 Å². The van der Waals surface area contributed by atoms with Crippen LogP contribution in [0.15, 0.2) is 0 Å². The van der Waals surface area contributed by atoms with Gasteiger partial charge in [0.05, 0.1) is 13.5 Å². The molecule has 27 heavy (non-hydrogen) atoms. The van der Waals surface area contributed by atoms with E-state index in [9.17, 15) is 22.8 Å². The zero-order chi connectivity index (χ0) is 20.4. The molecule has 6 nitrogen and oxygen atoms in total. The average Bonchev–Trinajstić information content (AvgIpc) is 2.75. The fraction of sp³-hybridized carbons (Fsp3) is 0.889. The minimum atomic E-state index is -4.18. The predicted octanol–water partition coefficient (Wildman–Crippen LogP) is 3.25. The smallest absolute Gasteiger partial charge is 0.408 e. The summed E-state index contributed by atoms with van der Waals surface area (Å²) in [5.74, 6) is -0.751. The highest BCUT2D eigenvalue weighted by atomic mass is 19.4. The number of rotatable bonds is 5. The molecule has 0 spiro atoms. The Morgan fingerprint density at radius 1 is 1.15 bits per heavy atom. The first kappa shape index (κ1) is 21.8. The van der Waals surface area contributed by atoms with Gasteiger partial charge in [0.15, 0.2) is 0 Å². The van der Waals surface area contributed by atoms with Crippen LogP contribution in [-0.4, -0.2) is 60.5 Å². The number of alkyl halides is 3. The third kappa shape index (κ3) is 6.26. The number of hydrogen-bond acceptors (Lipinski definition) is 5. The molecule has 0 aliphatic carbocycles. The van der Waals surface area contributed by atoms with Crippen LogP contribution in [0.25, 0.3) is 0 Å². The van der Waals surface area contributed by atoms with Crippen LogP contribution in [-0.2, 0) is 14.3 Å². The molecule has 9 heteroatoms. The Labute approximate surface area is 157 Å². The fourth-order valence-electron chi connectivity index (χ4n) is 4.14. The summed E-state index contributed by atoms with van der Waals surface area (Å²) in [4.78, 5) is 26.2. The molecule has 0 radical (unpaired) electrons. The summed E-state index contributed by atoms with van der Waals surface area (Å²) in [7, 11) is 1.25. The summed E-state index contributed by atoms with van der Waals surface area (Å²) in [5, 5.41) is 2.60. The van der Waals surface area contributed by atoms with Gasteiger partial charge in [-0.25, -0.2) is 9.59 Å². The molecule has 2 aliphatic rings. The van der Waals surface area contributed by atoms with E-state index in [0.717, 1.165) is 12.8 Å². The lowest BCUT2D eigenvalue weighted by Crippen LogP contribution is -2.53. The summed E-state index contributed by atoms with van der Waals surface area (Å²) in [5.41, 5.74) is -0.704. The normalized spacial score (nSPS) is 27.1. The van der Waals surface area contributed by atoms with Gasteiger partial charge in [0.25, 0.3) is 0 Å². The molecular weight excluding hydrogens is 365 g/mol. The number of nitrogens with one attached hydrogen (secondary N) is 1. The zero-order valence-electron chi connectivity index (χ0n) is 16.3. The van der Waals surface area contributed by atoms with E-state index in [1.54, 1.807) is 20.8 Å². The molecule has 1 amide bonds. The fourth-order valence-corrected chi connectivity index (χ4v) is 4.14. The maximum Gasteiger partial charge on any atom is 0.408 e. The number of carbonyl (C=O) groups excluding carboxylic acids is 2. The Hall–Kier alpha value is -1.51. The Bertz CT molecular complexity index is 534. The maximum absolute atomic E-state index is 12.6. The average molecular weight is 394 g/mol. The number of methoxy groups -OCH3 is 1. The van der Waals surface area contributed by atoms with E-state index in [2.05, 4.69) is 5.32 Å². The number of carbonyl (C=O) groups is 2. The molecule has 156 valence electrons. The highest BCUT2D eigenvalue weighted by molar-refractivity contribution is 5.81. The predicted molar refractivity (Wildman–Crippen MR) is 92.1 cm³/mol. The topological polar surface area (TPSA) is 67.9 Å². The molecule has 0 aromatic carbocycles. The molecule has 0 saturated carbocycles. The first-order valence-corrected chi connectivity index (χ1v) is 9.29. The van der Waals surface area contributed by atoms with Gasteiger partial charge in [0.2, 0.25) is 0 Å². The number of ether oxygens (including phenoxy) is 2. The monoisotopic (exact) mass is 394 g/mol. The van der Waals surface area contributed by atoms with Crippen LogP contribution in [0.2, 0.25) is 0 Å². The summed E-state index contributed by atoms with van der Waals surface area (Å²) in [6.07, 6.45) is -3.01. The van der Waals surface area contributed by atoms with Gasteiger partial charge in [-0.1, -0.05) is 0 Å². The number of hydrogen-bond donors (Lipinski definition) is 1. The van der Waals surface area contributed by atoms with Gasteiger partial charge in [-0.15, -0.1) is 0 Å². The third-order valence-electron chi connectivity index (χ3n) is 5.17. The van der Waals surface area contributed by atoms with Gasteiger partial charge in [-0.05, 0) is 52.4 Å².